The summed E-state index contributed by atoms with van der Waals surface area (Å²) in [5.74, 6) is 0.807. The van der Waals surface area contributed by atoms with Crippen LogP contribution in [-0.2, 0) is 16.1 Å². The molecule has 1 N–H and O–H groups in total. The second kappa shape index (κ2) is 6.58. The summed E-state index contributed by atoms with van der Waals surface area (Å²) >= 11 is 1.23. The zero-order valence-corrected chi connectivity index (χ0v) is 12.9. The highest BCUT2D eigenvalue weighted by molar-refractivity contribution is 7.99. The summed E-state index contributed by atoms with van der Waals surface area (Å²) in [6, 6.07) is 0. The summed E-state index contributed by atoms with van der Waals surface area (Å²) in [7, 11) is 0. The van der Waals surface area contributed by atoms with Gasteiger partial charge in [0.2, 0.25) is 0 Å². The molecule has 0 bridgehead atoms. The Morgan fingerprint density at radius 2 is 2.30 bits per heavy atom. The van der Waals surface area contributed by atoms with E-state index in [0.717, 1.165) is 18.8 Å². The van der Waals surface area contributed by atoms with E-state index in [1.165, 1.54) is 11.8 Å². The van der Waals surface area contributed by atoms with Crippen molar-refractivity contribution in [2.45, 2.75) is 50.9 Å². The summed E-state index contributed by atoms with van der Waals surface area (Å²) in [5.41, 5.74) is 0. The highest BCUT2D eigenvalue weighted by atomic mass is 32.2. The van der Waals surface area contributed by atoms with E-state index in [-0.39, 0.29) is 17.8 Å². The summed E-state index contributed by atoms with van der Waals surface area (Å²) in [6.07, 6.45) is 1.19. The molecule has 112 valence electrons. The van der Waals surface area contributed by atoms with Gasteiger partial charge < -0.3 is 14.4 Å². The number of aliphatic carboxylic acids is 1. The number of carboxylic acid groups (broad SMARTS) is 1. The number of carboxylic acids is 1. The molecule has 2 heterocycles. The largest absolute Gasteiger partial charge is 0.481 e. The van der Waals surface area contributed by atoms with Crippen molar-refractivity contribution in [1.82, 2.24) is 14.8 Å². The lowest BCUT2D eigenvalue weighted by molar-refractivity contribution is -0.133. The smallest absolute Gasteiger partial charge is 0.313 e. The Hall–Kier alpha value is -1.08. The fourth-order valence-electron chi connectivity index (χ4n) is 2.37. The Morgan fingerprint density at radius 1 is 1.55 bits per heavy atom. The van der Waals surface area contributed by atoms with Gasteiger partial charge in [-0.2, -0.15) is 0 Å². The third-order valence-electron chi connectivity index (χ3n) is 3.18. The Balaban J connectivity index is 2.20. The molecule has 2 atom stereocenters. The van der Waals surface area contributed by atoms with Gasteiger partial charge in [0.25, 0.3) is 0 Å². The van der Waals surface area contributed by atoms with Crippen LogP contribution >= 0.6 is 11.8 Å². The fraction of sp³-hybridized carbons (Fsp3) is 0.769. The minimum atomic E-state index is -0.839. The number of aromatic nitrogens is 3. The van der Waals surface area contributed by atoms with Crippen molar-refractivity contribution in [2.75, 3.05) is 12.4 Å². The van der Waals surface area contributed by atoms with E-state index in [1.807, 2.05) is 0 Å². The third-order valence-corrected chi connectivity index (χ3v) is 4.13. The van der Waals surface area contributed by atoms with Crippen molar-refractivity contribution >= 4 is 17.7 Å². The van der Waals surface area contributed by atoms with Gasteiger partial charge in [0.15, 0.2) is 5.16 Å². The maximum Gasteiger partial charge on any atom is 0.313 e. The molecule has 1 aliphatic heterocycles. The summed E-state index contributed by atoms with van der Waals surface area (Å²) in [5, 5.41) is 17.9. The quantitative estimate of drug-likeness (QED) is 0.810. The standard InChI is InChI=1S/C13H21N3O3S/c1-8(2)5-16-12(10-4-9(3)19-6-10)14-15-13(16)20-7-11(17)18/h8-10H,4-7H2,1-3H3,(H,17,18). The van der Waals surface area contributed by atoms with Crippen molar-refractivity contribution in [1.29, 1.82) is 0 Å². The maximum atomic E-state index is 10.7. The first-order valence-corrected chi connectivity index (χ1v) is 7.85. The van der Waals surface area contributed by atoms with E-state index in [4.69, 9.17) is 9.84 Å². The van der Waals surface area contributed by atoms with E-state index < -0.39 is 5.97 Å². The zero-order chi connectivity index (χ0) is 14.7. The van der Waals surface area contributed by atoms with Crippen LogP contribution in [0.15, 0.2) is 5.16 Å². The van der Waals surface area contributed by atoms with Gasteiger partial charge in [0, 0.05) is 12.5 Å². The van der Waals surface area contributed by atoms with Gasteiger partial charge in [-0.05, 0) is 19.3 Å². The van der Waals surface area contributed by atoms with Crippen LogP contribution < -0.4 is 0 Å². The molecule has 1 aromatic rings. The molecule has 7 heteroatoms. The van der Waals surface area contributed by atoms with E-state index >= 15 is 0 Å². The first kappa shape index (κ1) is 15.3. The third kappa shape index (κ3) is 3.73. The molecule has 0 aliphatic carbocycles. The molecule has 1 fully saturated rings. The minimum absolute atomic E-state index is 0.00774. The molecular weight excluding hydrogens is 278 g/mol. The lowest BCUT2D eigenvalue weighted by atomic mass is 10.1. The lowest BCUT2D eigenvalue weighted by Gasteiger charge is -2.14. The SMILES string of the molecule is CC(C)Cn1c(SCC(=O)O)nnc1C1COC(C)C1. The monoisotopic (exact) mass is 299 g/mol. The van der Waals surface area contributed by atoms with Crippen LogP contribution in [0.1, 0.15) is 38.9 Å². The van der Waals surface area contributed by atoms with Crippen LogP contribution in [-0.4, -0.2) is 44.3 Å². The van der Waals surface area contributed by atoms with Gasteiger partial charge in [-0.1, -0.05) is 25.6 Å². The second-order valence-corrected chi connectivity index (χ2v) is 6.55. The Labute approximate surface area is 122 Å². The Kier molecular flexibility index (Phi) is 5.04. The van der Waals surface area contributed by atoms with Crippen molar-refractivity contribution in [3.8, 4) is 0 Å². The molecule has 0 amide bonds. The van der Waals surface area contributed by atoms with Crippen LogP contribution in [0.5, 0.6) is 0 Å². The van der Waals surface area contributed by atoms with Crippen molar-refractivity contribution < 1.29 is 14.6 Å². The van der Waals surface area contributed by atoms with Crippen LogP contribution in [0.3, 0.4) is 0 Å². The lowest BCUT2D eigenvalue weighted by Crippen LogP contribution is -2.14. The molecule has 0 spiro atoms. The van der Waals surface area contributed by atoms with Gasteiger partial charge >= 0.3 is 5.97 Å². The second-order valence-electron chi connectivity index (χ2n) is 5.60. The number of hydrogen-bond acceptors (Lipinski definition) is 5. The maximum absolute atomic E-state index is 10.7. The van der Waals surface area contributed by atoms with Gasteiger partial charge in [0.1, 0.15) is 5.82 Å². The molecular formula is C13H21N3O3S. The molecule has 0 radical (unpaired) electrons. The highest BCUT2D eigenvalue weighted by Crippen LogP contribution is 2.30. The van der Waals surface area contributed by atoms with Crippen LogP contribution in [0, 0.1) is 5.92 Å². The molecule has 2 rings (SSSR count). The van der Waals surface area contributed by atoms with Crippen molar-refractivity contribution in [2.24, 2.45) is 5.92 Å². The summed E-state index contributed by atoms with van der Waals surface area (Å²) < 4.78 is 7.67. The van der Waals surface area contributed by atoms with Crippen molar-refractivity contribution in [3.05, 3.63) is 5.82 Å². The number of thioether (sulfide) groups is 1. The van der Waals surface area contributed by atoms with Crippen LogP contribution in [0.4, 0.5) is 0 Å². The predicted octanol–water partition coefficient (Wildman–Crippen LogP) is 2.00. The van der Waals surface area contributed by atoms with E-state index in [1.54, 1.807) is 0 Å². The number of rotatable bonds is 6. The zero-order valence-electron chi connectivity index (χ0n) is 12.1. The number of hydrogen-bond donors (Lipinski definition) is 1. The van der Waals surface area contributed by atoms with Crippen LogP contribution in [0.25, 0.3) is 0 Å². The molecule has 1 saturated heterocycles. The van der Waals surface area contributed by atoms with E-state index in [0.29, 0.717) is 17.7 Å². The molecule has 0 aromatic carbocycles. The Morgan fingerprint density at radius 3 is 2.85 bits per heavy atom. The fourth-order valence-corrected chi connectivity index (χ4v) is 3.04. The molecule has 20 heavy (non-hydrogen) atoms. The van der Waals surface area contributed by atoms with Crippen LogP contribution in [0.2, 0.25) is 0 Å². The average molecular weight is 299 g/mol. The van der Waals surface area contributed by atoms with E-state index in [9.17, 15) is 4.79 Å². The van der Waals surface area contributed by atoms with Crippen molar-refractivity contribution in [3.63, 3.8) is 0 Å². The number of carbonyl (C=O) groups is 1. The number of nitrogens with zero attached hydrogens (tertiary/aromatic N) is 3. The molecule has 0 saturated carbocycles. The van der Waals surface area contributed by atoms with Gasteiger partial charge in [-0.25, -0.2) is 0 Å². The molecule has 6 nitrogen and oxygen atoms in total. The van der Waals surface area contributed by atoms with E-state index in [2.05, 4.69) is 35.5 Å². The predicted molar refractivity (Wildman–Crippen MR) is 76.0 cm³/mol. The molecule has 1 aliphatic rings. The van der Waals surface area contributed by atoms with Gasteiger partial charge in [-0.15, -0.1) is 10.2 Å². The first-order valence-electron chi connectivity index (χ1n) is 6.86. The molecule has 1 aromatic heterocycles. The number of ether oxygens (including phenoxy) is 1. The Bertz CT molecular complexity index is 475. The average Bonchev–Trinajstić information content (AvgIpc) is 2.93. The van der Waals surface area contributed by atoms with Gasteiger partial charge in [-0.3, -0.25) is 4.79 Å². The van der Waals surface area contributed by atoms with Gasteiger partial charge in [0.05, 0.1) is 18.5 Å². The molecule has 2 unspecified atom stereocenters. The first-order chi connectivity index (χ1) is 9.47. The minimum Gasteiger partial charge on any atom is -0.481 e. The highest BCUT2D eigenvalue weighted by Gasteiger charge is 2.29. The summed E-state index contributed by atoms with van der Waals surface area (Å²) in [4.78, 5) is 10.7. The summed E-state index contributed by atoms with van der Waals surface area (Å²) in [6.45, 7) is 7.78. The topological polar surface area (TPSA) is 77.2 Å². The normalized spacial score (nSPS) is 22.6.